The van der Waals surface area contributed by atoms with Crippen LogP contribution in [0.2, 0.25) is 0 Å². The van der Waals surface area contributed by atoms with E-state index in [1.165, 1.54) is 44.1 Å². The van der Waals surface area contributed by atoms with Crippen LogP contribution in [0.15, 0.2) is 10.6 Å². The molecule has 8 nitrogen and oxygen atoms in total. The molecule has 0 spiro atoms. The summed E-state index contributed by atoms with van der Waals surface area (Å²) in [5.74, 6) is 3.67. The fourth-order valence-corrected chi connectivity index (χ4v) is 6.65. The monoisotopic (exact) mass is 464 g/mol. The first-order valence-corrected chi connectivity index (χ1v) is 13.4. The highest BCUT2D eigenvalue weighted by Gasteiger charge is 2.36. The van der Waals surface area contributed by atoms with Crippen molar-refractivity contribution in [2.45, 2.75) is 89.0 Å². The molecule has 2 aliphatic carbocycles. The van der Waals surface area contributed by atoms with Gasteiger partial charge in [0.2, 0.25) is 12.4 Å². The maximum atomic E-state index is 11.4. The number of fused-ring (bicyclic) bond motifs is 1. The van der Waals surface area contributed by atoms with E-state index in [1.807, 2.05) is 11.1 Å². The molecule has 2 aromatic heterocycles. The van der Waals surface area contributed by atoms with Crippen molar-refractivity contribution in [2.24, 2.45) is 5.92 Å². The maximum Gasteiger partial charge on any atom is 0.300 e. The molecule has 1 saturated carbocycles. The summed E-state index contributed by atoms with van der Waals surface area (Å²) in [4.78, 5) is 30.4. The van der Waals surface area contributed by atoms with Crippen LogP contribution in [0.4, 0.5) is 17.8 Å². The van der Waals surface area contributed by atoms with E-state index in [0.29, 0.717) is 23.9 Å². The minimum absolute atomic E-state index is 0.398. The predicted molar refractivity (Wildman–Crippen MR) is 130 cm³/mol. The molecule has 4 heterocycles. The summed E-state index contributed by atoms with van der Waals surface area (Å²) >= 11 is 0. The molecule has 2 unspecified atom stereocenters. The van der Waals surface area contributed by atoms with Gasteiger partial charge >= 0.3 is 6.01 Å². The van der Waals surface area contributed by atoms with Crippen LogP contribution in [0.25, 0.3) is 0 Å². The van der Waals surface area contributed by atoms with Crippen LogP contribution in [0.3, 0.4) is 0 Å². The Kier molecular flexibility index (Phi) is 6.14. The third kappa shape index (κ3) is 4.27. The van der Waals surface area contributed by atoms with Gasteiger partial charge < -0.3 is 14.2 Å². The fourth-order valence-electron chi connectivity index (χ4n) is 6.65. The maximum absolute atomic E-state index is 11.4. The molecule has 6 rings (SSSR count). The van der Waals surface area contributed by atoms with Crippen molar-refractivity contribution in [2.75, 3.05) is 29.9 Å². The van der Waals surface area contributed by atoms with Crippen LogP contribution in [0.1, 0.15) is 87.1 Å². The molecule has 0 bridgehead atoms. The number of rotatable bonds is 6. The van der Waals surface area contributed by atoms with E-state index in [1.54, 1.807) is 0 Å². The smallest absolute Gasteiger partial charge is 0.300 e. The number of likely N-dealkylation sites (tertiary alicyclic amines) is 1. The van der Waals surface area contributed by atoms with Gasteiger partial charge in [0.25, 0.3) is 0 Å². The third-order valence-corrected chi connectivity index (χ3v) is 8.42. The van der Waals surface area contributed by atoms with Crippen molar-refractivity contribution in [1.82, 2.24) is 19.9 Å². The van der Waals surface area contributed by atoms with Gasteiger partial charge in [-0.15, -0.1) is 0 Å². The first-order chi connectivity index (χ1) is 16.8. The fraction of sp³-hybridized carbons (Fsp3) is 0.692. The number of hydrogen-bond donors (Lipinski definition) is 1. The van der Waals surface area contributed by atoms with Gasteiger partial charge in [-0.2, -0.15) is 4.98 Å². The highest BCUT2D eigenvalue weighted by Crippen LogP contribution is 2.37. The first-order valence-electron chi connectivity index (χ1n) is 13.4. The lowest BCUT2D eigenvalue weighted by atomic mass is 9.88. The predicted octanol–water partition coefficient (Wildman–Crippen LogP) is 4.58. The molecule has 3 fully saturated rings. The Morgan fingerprint density at radius 2 is 1.85 bits per heavy atom. The molecule has 0 radical (unpaired) electrons. The second kappa shape index (κ2) is 9.55. The average molecular weight is 465 g/mol. The van der Waals surface area contributed by atoms with E-state index in [9.17, 15) is 4.79 Å². The highest BCUT2D eigenvalue weighted by molar-refractivity contribution is 5.58. The zero-order valence-electron chi connectivity index (χ0n) is 20.0. The minimum Gasteiger partial charge on any atom is -0.428 e. The van der Waals surface area contributed by atoms with Crippen molar-refractivity contribution < 1.29 is 9.21 Å². The van der Waals surface area contributed by atoms with Gasteiger partial charge in [-0.25, -0.2) is 9.97 Å². The molecule has 182 valence electrons. The van der Waals surface area contributed by atoms with Gasteiger partial charge in [0.15, 0.2) is 0 Å². The summed E-state index contributed by atoms with van der Waals surface area (Å²) in [7, 11) is 0. The normalized spacial score (nSPS) is 25.5. The Bertz CT molecular complexity index is 1020. The molecule has 8 heteroatoms. The molecule has 4 aliphatic rings. The van der Waals surface area contributed by atoms with Crippen molar-refractivity contribution in [3.63, 3.8) is 0 Å². The highest BCUT2D eigenvalue weighted by atomic mass is 16.4. The summed E-state index contributed by atoms with van der Waals surface area (Å²) < 4.78 is 6.16. The van der Waals surface area contributed by atoms with Gasteiger partial charge in [0, 0.05) is 37.2 Å². The lowest BCUT2D eigenvalue weighted by Gasteiger charge is -2.37. The molecule has 2 saturated heterocycles. The summed E-state index contributed by atoms with van der Waals surface area (Å²) in [6.07, 6.45) is 16.8. The molecule has 34 heavy (non-hydrogen) atoms. The van der Waals surface area contributed by atoms with Crippen molar-refractivity contribution in [3.8, 4) is 0 Å². The number of piperidine rings is 1. The van der Waals surface area contributed by atoms with Crippen molar-refractivity contribution in [1.29, 1.82) is 0 Å². The molecule has 2 atom stereocenters. The van der Waals surface area contributed by atoms with E-state index in [2.05, 4.69) is 15.2 Å². The summed E-state index contributed by atoms with van der Waals surface area (Å²) in [6, 6.07) is 0.945. The molecule has 1 amide bonds. The lowest BCUT2D eigenvalue weighted by Crippen LogP contribution is -2.45. The third-order valence-electron chi connectivity index (χ3n) is 8.42. The summed E-state index contributed by atoms with van der Waals surface area (Å²) in [5, 5.41) is 3.43. The van der Waals surface area contributed by atoms with Crippen LogP contribution in [-0.2, 0) is 17.6 Å². The van der Waals surface area contributed by atoms with Crippen LogP contribution in [0, 0.1) is 5.92 Å². The van der Waals surface area contributed by atoms with Gasteiger partial charge in [0.1, 0.15) is 11.6 Å². The number of aryl methyl sites for hydroxylation is 1. The Hall–Kier alpha value is -2.64. The molecule has 2 aliphatic heterocycles. The standard InChI is InChI=1S/C26H36N6O2/c33-17-31-13-5-9-19(16-31)22-12-6-14-32(22)25-28-21-11-4-10-20(21)24(29-25)30-26-27-15-23(34-26)18-7-2-1-3-8-18/h15,17-19,22H,1-14,16H2,(H,27,28,29,30). The lowest BCUT2D eigenvalue weighted by molar-refractivity contribution is -0.119. The number of carbonyl (C=O) groups is 1. The van der Waals surface area contributed by atoms with Gasteiger partial charge in [-0.1, -0.05) is 19.3 Å². The zero-order chi connectivity index (χ0) is 22.9. The topological polar surface area (TPSA) is 87.4 Å². The van der Waals surface area contributed by atoms with E-state index in [-0.39, 0.29) is 0 Å². The number of carbonyl (C=O) groups excluding carboxylic acids is 1. The number of nitrogens with zero attached hydrogens (tertiary/aromatic N) is 5. The quantitative estimate of drug-likeness (QED) is 0.626. The Morgan fingerprint density at radius 3 is 2.74 bits per heavy atom. The number of oxazole rings is 1. The van der Waals surface area contributed by atoms with Crippen LogP contribution in [0.5, 0.6) is 0 Å². The molecule has 1 N–H and O–H groups in total. The van der Waals surface area contributed by atoms with E-state index in [4.69, 9.17) is 14.4 Å². The van der Waals surface area contributed by atoms with E-state index < -0.39 is 0 Å². The second-order valence-corrected chi connectivity index (χ2v) is 10.6. The summed E-state index contributed by atoms with van der Waals surface area (Å²) in [5.41, 5.74) is 2.37. The van der Waals surface area contributed by atoms with Gasteiger partial charge in [-0.3, -0.25) is 10.1 Å². The molecular weight excluding hydrogens is 428 g/mol. The molecular formula is C26H36N6O2. The SMILES string of the molecule is O=CN1CCCC(C2CCCN2c2nc3c(c(Nc4ncc(C5CCCCC5)o4)n2)CCC3)C1. The van der Waals surface area contributed by atoms with Crippen LogP contribution < -0.4 is 10.2 Å². The largest absolute Gasteiger partial charge is 0.428 e. The Morgan fingerprint density at radius 1 is 0.971 bits per heavy atom. The van der Waals surface area contributed by atoms with Gasteiger partial charge in [-0.05, 0) is 63.7 Å². The number of hydrogen-bond acceptors (Lipinski definition) is 7. The van der Waals surface area contributed by atoms with Crippen molar-refractivity contribution in [3.05, 3.63) is 23.2 Å². The van der Waals surface area contributed by atoms with Crippen LogP contribution >= 0.6 is 0 Å². The number of anilines is 3. The van der Waals surface area contributed by atoms with E-state index in [0.717, 1.165) is 87.8 Å². The van der Waals surface area contributed by atoms with E-state index >= 15 is 0 Å². The number of nitrogens with one attached hydrogen (secondary N) is 1. The molecule has 0 aromatic carbocycles. The van der Waals surface area contributed by atoms with Crippen molar-refractivity contribution >= 4 is 24.2 Å². The molecule has 2 aromatic rings. The Balaban J connectivity index is 1.24. The number of aromatic nitrogens is 3. The minimum atomic E-state index is 0.398. The average Bonchev–Trinajstić information content (AvgIpc) is 3.65. The Labute approximate surface area is 201 Å². The zero-order valence-corrected chi connectivity index (χ0v) is 20.0. The number of amides is 1. The summed E-state index contributed by atoms with van der Waals surface area (Å²) in [6.45, 7) is 2.71. The van der Waals surface area contributed by atoms with Crippen LogP contribution in [-0.4, -0.2) is 51.9 Å². The second-order valence-electron chi connectivity index (χ2n) is 10.6. The van der Waals surface area contributed by atoms with Gasteiger partial charge in [0.05, 0.1) is 11.9 Å². The first kappa shape index (κ1) is 21.9.